The second-order valence-corrected chi connectivity index (χ2v) is 6.07. The van der Waals surface area contributed by atoms with Crippen LogP contribution in [-0.2, 0) is 11.0 Å². The minimum absolute atomic E-state index is 0.0203. The topological polar surface area (TPSA) is 44.1 Å². The zero-order valence-electron chi connectivity index (χ0n) is 13.2. The van der Waals surface area contributed by atoms with E-state index in [1.165, 1.54) is 12.1 Å². The van der Waals surface area contributed by atoms with E-state index in [4.69, 9.17) is 5.26 Å². The van der Waals surface area contributed by atoms with Gasteiger partial charge in [0.05, 0.1) is 23.2 Å². The standard InChI is InChI=1S/C19H15F3N2O/c20-19(21,22)16-5-3-14(4-6-16)15-9-18(12-25)24(11-15)17-7-1-13(10-23)2-8-17/h1-8,12,15,18H,9,11H2/t15?,18-/m0/s1. The molecule has 0 spiro atoms. The Labute approximate surface area is 143 Å². The van der Waals surface area contributed by atoms with Gasteiger partial charge in [0.15, 0.2) is 0 Å². The molecular formula is C19H15F3N2O. The molecule has 128 valence electrons. The lowest BCUT2D eigenvalue weighted by atomic mass is 9.95. The van der Waals surface area contributed by atoms with E-state index in [9.17, 15) is 18.0 Å². The average molecular weight is 344 g/mol. The highest BCUT2D eigenvalue weighted by Gasteiger charge is 2.34. The molecule has 0 saturated carbocycles. The summed E-state index contributed by atoms with van der Waals surface area (Å²) >= 11 is 0. The molecule has 0 aromatic heterocycles. The van der Waals surface area contributed by atoms with Crippen LogP contribution in [0, 0.1) is 11.3 Å². The van der Waals surface area contributed by atoms with Crippen LogP contribution in [0.1, 0.15) is 29.0 Å². The van der Waals surface area contributed by atoms with Gasteiger partial charge in [-0.15, -0.1) is 0 Å². The maximum Gasteiger partial charge on any atom is 0.416 e. The molecule has 1 saturated heterocycles. The van der Waals surface area contributed by atoms with Gasteiger partial charge in [-0.05, 0) is 48.4 Å². The van der Waals surface area contributed by atoms with Gasteiger partial charge in [-0.1, -0.05) is 12.1 Å². The summed E-state index contributed by atoms with van der Waals surface area (Å²) in [4.78, 5) is 13.4. The van der Waals surface area contributed by atoms with E-state index in [0.29, 0.717) is 18.5 Å². The molecule has 25 heavy (non-hydrogen) atoms. The Morgan fingerprint density at radius 2 is 1.72 bits per heavy atom. The van der Waals surface area contributed by atoms with Crippen molar-refractivity contribution < 1.29 is 18.0 Å². The van der Waals surface area contributed by atoms with Gasteiger partial charge < -0.3 is 9.69 Å². The fraction of sp³-hybridized carbons (Fsp3) is 0.263. The van der Waals surface area contributed by atoms with Crippen molar-refractivity contribution in [1.82, 2.24) is 0 Å². The molecular weight excluding hydrogens is 329 g/mol. The van der Waals surface area contributed by atoms with Crippen LogP contribution in [-0.4, -0.2) is 18.9 Å². The van der Waals surface area contributed by atoms with Crippen LogP contribution < -0.4 is 4.90 Å². The number of halogens is 3. The van der Waals surface area contributed by atoms with E-state index in [-0.39, 0.29) is 12.0 Å². The Morgan fingerprint density at radius 1 is 1.08 bits per heavy atom. The van der Waals surface area contributed by atoms with Crippen molar-refractivity contribution in [1.29, 1.82) is 5.26 Å². The van der Waals surface area contributed by atoms with E-state index in [0.717, 1.165) is 29.7 Å². The van der Waals surface area contributed by atoms with E-state index < -0.39 is 11.7 Å². The van der Waals surface area contributed by atoms with E-state index >= 15 is 0 Å². The number of hydrogen-bond acceptors (Lipinski definition) is 3. The van der Waals surface area contributed by atoms with Crippen LogP contribution in [0.5, 0.6) is 0 Å². The van der Waals surface area contributed by atoms with Gasteiger partial charge in [0, 0.05) is 18.2 Å². The molecule has 0 amide bonds. The second kappa shape index (κ2) is 6.60. The summed E-state index contributed by atoms with van der Waals surface area (Å²) in [5, 5.41) is 8.86. The molecule has 1 heterocycles. The van der Waals surface area contributed by atoms with Gasteiger partial charge in [0.25, 0.3) is 0 Å². The first kappa shape index (κ1) is 17.0. The second-order valence-electron chi connectivity index (χ2n) is 6.07. The van der Waals surface area contributed by atoms with Gasteiger partial charge in [-0.2, -0.15) is 18.4 Å². The fourth-order valence-electron chi connectivity index (χ4n) is 3.21. The first-order chi connectivity index (χ1) is 11.9. The van der Waals surface area contributed by atoms with Crippen LogP contribution in [0.2, 0.25) is 0 Å². The summed E-state index contributed by atoms with van der Waals surface area (Å²) < 4.78 is 38.0. The number of hydrogen-bond donors (Lipinski definition) is 0. The fourth-order valence-corrected chi connectivity index (χ4v) is 3.21. The Hall–Kier alpha value is -2.81. The van der Waals surface area contributed by atoms with Crippen molar-refractivity contribution in [2.45, 2.75) is 24.6 Å². The van der Waals surface area contributed by atoms with Gasteiger partial charge in [0.1, 0.15) is 6.29 Å². The predicted octanol–water partition coefficient (Wildman–Crippen LogP) is 4.14. The number of anilines is 1. The number of aldehydes is 1. The maximum absolute atomic E-state index is 12.7. The highest BCUT2D eigenvalue weighted by Crippen LogP contribution is 2.36. The van der Waals surface area contributed by atoms with Gasteiger partial charge in [0.2, 0.25) is 0 Å². The number of carbonyl (C=O) groups excluding carboxylic acids is 1. The van der Waals surface area contributed by atoms with Gasteiger partial charge in [-0.3, -0.25) is 0 Å². The average Bonchev–Trinajstić information content (AvgIpc) is 3.05. The number of alkyl halides is 3. The van der Waals surface area contributed by atoms with Crippen LogP contribution in [0.15, 0.2) is 48.5 Å². The summed E-state index contributed by atoms with van der Waals surface area (Å²) in [5.41, 5.74) is 1.47. The normalized spacial score (nSPS) is 20.3. The minimum Gasteiger partial charge on any atom is -0.361 e. The first-order valence-corrected chi connectivity index (χ1v) is 7.81. The summed E-state index contributed by atoms with van der Waals surface area (Å²) in [5.74, 6) is -0.0203. The highest BCUT2D eigenvalue weighted by atomic mass is 19.4. The highest BCUT2D eigenvalue weighted by molar-refractivity contribution is 5.68. The third-order valence-electron chi connectivity index (χ3n) is 4.54. The lowest BCUT2D eigenvalue weighted by Crippen LogP contribution is -2.30. The molecule has 1 fully saturated rings. The number of benzene rings is 2. The predicted molar refractivity (Wildman–Crippen MR) is 87.2 cm³/mol. The SMILES string of the molecule is N#Cc1ccc(N2CC(c3ccc(C(F)(F)F)cc3)C[C@H]2C=O)cc1. The third-order valence-corrected chi connectivity index (χ3v) is 4.54. The molecule has 2 aromatic carbocycles. The molecule has 1 aliphatic heterocycles. The first-order valence-electron chi connectivity index (χ1n) is 7.81. The number of carbonyl (C=O) groups is 1. The Bertz CT molecular complexity index is 791. The van der Waals surface area contributed by atoms with Crippen LogP contribution in [0.3, 0.4) is 0 Å². The molecule has 1 unspecified atom stereocenters. The van der Waals surface area contributed by atoms with Crippen molar-refractivity contribution >= 4 is 12.0 Å². The lowest BCUT2D eigenvalue weighted by Gasteiger charge is -2.23. The monoisotopic (exact) mass is 344 g/mol. The zero-order chi connectivity index (χ0) is 18.0. The van der Waals surface area contributed by atoms with Crippen molar-refractivity contribution in [2.75, 3.05) is 11.4 Å². The molecule has 0 aliphatic carbocycles. The van der Waals surface area contributed by atoms with E-state index in [1.807, 2.05) is 11.0 Å². The molecule has 1 aliphatic rings. The van der Waals surface area contributed by atoms with Crippen molar-refractivity contribution in [3.8, 4) is 6.07 Å². The van der Waals surface area contributed by atoms with E-state index in [1.54, 1.807) is 24.3 Å². The van der Waals surface area contributed by atoms with Crippen molar-refractivity contribution in [3.05, 3.63) is 65.2 Å². The summed E-state index contributed by atoms with van der Waals surface area (Å²) in [7, 11) is 0. The molecule has 3 rings (SSSR count). The third kappa shape index (κ3) is 3.50. The molecule has 6 heteroatoms. The molecule has 0 radical (unpaired) electrons. The minimum atomic E-state index is -4.35. The maximum atomic E-state index is 12.7. The van der Waals surface area contributed by atoms with Crippen LogP contribution >= 0.6 is 0 Å². The number of rotatable bonds is 3. The van der Waals surface area contributed by atoms with E-state index in [2.05, 4.69) is 0 Å². The molecule has 3 nitrogen and oxygen atoms in total. The largest absolute Gasteiger partial charge is 0.416 e. The smallest absolute Gasteiger partial charge is 0.361 e. The van der Waals surface area contributed by atoms with Crippen LogP contribution in [0.4, 0.5) is 18.9 Å². The summed E-state index contributed by atoms with van der Waals surface area (Å²) in [6.45, 7) is 0.542. The summed E-state index contributed by atoms with van der Waals surface area (Å²) in [6, 6.07) is 13.8. The zero-order valence-corrected chi connectivity index (χ0v) is 13.2. The number of nitrogens with zero attached hydrogens (tertiary/aromatic N) is 2. The number of nitriles is 1. The van der Waals surface area contributed by atoms with Gasteiger partial charge >= 0.3 is 6.18 Å². The van der Waals surface area contributed by atoms with Crippen molar-refractivity contribution in [3.63, 3.8) is 0 Å². The quantitative estimate of drug-likeness (QED) is 0.786. The Morgan fingerprint density at radius 3 is 2.24 bits per heavy atom. The van der Waals surface area contributed by atoms with Gasteiger partial charge in [-0.25, -0.2) is 0 Å². The Kier molecular flexibility index (Phi) is 4.49. The lowest BCUT2D eigenvalue weighted by molar-refractivity contribution is -0.137. The molecule has 2 aromatic rings. The molecule has 0 N–H and O–H groups in total. The van der Waals surface area contributed by atoms with Crippen molar-refractivity contribution in [2.24, 2.45) is 0 Å². The van der Waals surface area contributed by atoms with Crippen LogP contribution in [0.25, 0.3) is 0 Å². The molecule has 0 bridgehead atoms. The Balaban J connectivity index is 1.81. The molecule has 2 atom stereocenters. The summed E-state index contributed by atoms with van der Waals surface area (Å²) in [6.07, 6.45) is -2.94.